The van der Waals surface area contributed by atoms with Crippen molar-refractivity contribution < 1.29 is 26.8 Å². The van der Waals surface area contributed by atoms with E-state index in [1.165, 1.54) is 59.1 Å². The van der Waals surface area contributed by atoms with Gasteiger partial charge in [-0.2, -0.15) is 0 Å². The van der Waals surface area contributed by atoms with E-state index in [-0.39, 0.29) is 82.3 Å². The van der Waals surface area contributed by atoms with Gasteiger partial charge in [-0.1, -0.05) is 377 Å². The number of nitrogens with zero attached hydrogens (tertiary/aromatic N) is 6. The molecule has 125 heavy (non-hydrogen) atoms. The molecular weight excluding hydrogens is 1560 g/mol. The van der Waals surface area contributed by atoms with E-state index in [1.54, 1.807) is 0 Å². The van der Waals surface area contributed by atoms with Gasteiger partial charge in [0.25, 0.3) is 0 Å². The van der Waals surface area contributed by atoms with Crippen LogP contribution in [0.2, 0.25) is 0 Å². The van der Waals surface area contributed by atoms with Crippen LogP contribution in [-0.2, 0) is 91.8 Å². The van der Waals surface area contributed by atoms with Gasteiger partial charge in [-0.3, -0.25) is 0 Å². The van der Waals surface area contributed by atoms with E-state index in [9.17, 15) is 0 Å². The zero-order valence-corrected chi connectivity index (χ0v) is 84.7. The normalized spacial score (nSPS) is 13.5. The monoisotopic (exact) mass is 1710 g/mol. The second-order valence-corrected chi connectivity index (χ2v) is 46.6. The van der Waals surface area contributed by atoms with E-state index in [4.69, 9.17) is 48.9 Å². The summed E-state index contributed by atoms with van der Waals surface area (Å²) in [4.78, 5) is 24.4. The second-order valence-electron chi connectivity index (χ2n) is 46.6. The average molecular weight is 1710 g/mol. The molecular formula is C116H148CrN6O2. The second kappa shape index (κ2) is 39.7. The number of hydrogen-bond acceptors (Lipinski definition) is 2. The number of ether oxygens (including phenoxy) is 2. The number of hydrogen-bond donors (Lipinski definition) is 0. The maximum Gasteiger partial charge on any atom is 0.198 e. The van der Waals surface area contributed by atoms with Crippen molar-refractivity contribution in [1.29, 1.82) is 0 Å². The Morgan fingerprint density at radius 2 is 0.320 bits per heavy atom. The third kappa shape index (κ3) is 26.3. The van der Waals surface area contributed by atoms with E-state index in [0.29, 0.717) is 34.1 Å². The Kier molecular flexibility index (Phi) is 33.1. The van der Waals surface area contributed by atoms with Crippen LogP contribution in [-0.4, -0.2) is 26.4 Å². The fraction of sp³-hybridized carbons (Fsp3) is 0.483. The molecule has 2 aliphatic heterocycles. The van der Waals surface area contributed by atoms with Crippen LogP contribution in [0.3, 0.4) is 0 Å². The van der Waals surface area contributed by atoms with Crippen molar-refractivity contribution in [2.24, 2.45) is 0 Å². The molecule has 9 heteroatoms. The Morgan fingerprint density at radius 3 is 0.408 bits per heavy atom. The largest absolute Gasteiger partial charge is 0.381 e. The van der Waals surface area contributed by atoms with Crippen LogP contribution in [0.15, 0.2) is 146 Å². The first-order chi connectivity index (χ1) is 56.9. The molecule has 8 nitrogen and oxygen atoms in total. The first kappa shape index (κ1) is 104. The molecule has 660 valence electrons. The summed E-state index contributed by atoms with van der Waals surface area (Å²) in [6.45, 7) is 132. The van der Waals surface area contributed by atoms with Crippen molar-refractivity contribution in [3.8, 4) is 66.8 Å². The van der Waals surface area contributed by atoms with Gasteiger partial charge in [0.15, 0.2) is 34.1 Å². The molecule has 2 aliphatic rings. The molecule has 0 N–H and O–H groups in total. The molecule has 0 saturated carbocycles. The van der Waals surface area contributed by atoms with Crippen LogP contribution >= 0.6 is 0 Å². The maximum atomic E-state index is 8.14. The topological polar surface area (TPSA) is 44.6 Å². The summed E-state index contributed by atoms with van der Waals surface area (Å²) in [5, 5.41) is 0. The fourth-order valence-electron chi connectivity index (χ4n) is 15.5. The summed E-state index contributed by atoms with van der Waals surface area (Å²) in [5.41, 5.74) is 28.7. The van der Waals surface area contributed by atoms with Crippen LogP contribution in [0, 0.1) is 39.4 Å². The predicted molar refractivity (Wildman–Crippen MR) is 534 cm³/mol. The summed E-state index contributed by atoms with van der Waals surface area (Å²) < 4.78 is 9.89. The Balaban J connectivity index is 0.000000272. The first-order valence-electron chi connectivity index (χ1n) is 44.7. The van der Waals surface area contributed by atoms with Crippen molar-refractivity contribution >= 4 is 34.1 Å². The fourth-order valence-corrected chi connectivity index (χ4v) is 15.5. The van der Waals surface area contributed by atoms with Gasteiger partial charge >= 0.3 is 0 Å². The molecule has 0 radical (unpaired) electrons. The molecule has 2 fully saturated rings. The van der Waals surface area contributed by atoms with Crippen molar-refractivity contribution in [3.05, 3.63) is 281 Å². The molecule has 0 atom stereocenters. The van der Waals surface area contributed by atoms with E-state index in [2.05, 4.69) is 424 Å². The van der Waals surface area contributed by atoms with Crippen molar-refractivity contribution in [3.63, 3.8) is 0 Å². The molecule has 9 aromatic carbocycles. The number of benzene rings is 9. The maximum absolute atomic E-state index is 8.14. The van der Waals surface area contributed by atoms with Crippen LogP contribution in [0.25, 0.3) is 95.8 Å². The van der Waals surface area contributed by atoms with Crippen LogP contribution in [0.5, 0.6) is 0 Å². The quantitative estimate of drug-likeness (QED) is 0.156. The number of rotatable bonds is 6. The van der Waals surface area contributed by atoms with Gasteiger partial charge in [-0.05, 0) is 242 Å². The average Bonchev–Trinajstić information content (AvgIpc) is 1.77. The standard InChI is InChI=1S/3C36H44N2.2C4H8O.Cr/c3*1-33(2,3)25-19-27(31(37-13)29(21-25)35(7,8)9)23-16-15-17-24(18-23)28-20-26(34(4,5)6)22-30(32(28)38-14)36(10,11)12;2*1-2-4-5-3-1;/h3*15-22H,1-12H3;2*1-4H2;. The summed E-state index contributed by atoms with van der Waals surface area (Å²) in [7, 11) is 0. The third-order valence-electron chi connectivity index (χ3n) is 23.5. The zero-order chi connectivity index (χ0) is 93.6. The molecule has 0 aliphatic carbocycles. The first-order valence-corrected chi connectivity index (χ1v) is 44.7. The van der Waals surface area contributed by atoms with Gasteiger partial charge in [-0.15, -0.1) is 0 Å². The zero-order valence-electron chi connectivity index (χ0n) is 83.4. The van der Waals surface area contributed by atoms with Gasteiger partial charge in [0, 0.05) is 43.8 Å². The van der Waals surface area contributed by atoms with Gasteiger partial charge in [-0.25, -0.2) is 29.1 Å². The molecule has 9 aromatic rings. The Labute approximate surface area is 769 Å². The van der Waals surface area contributed by atoms with E-state index in [1.807, 2.05) is 0 Å². The minimum absolute atomic E-state index is 0. The van der Waals surface area contributed by atoms with Crippen LogP contribution in [0.1, 0.15) is 342 Å². The molecule has 0 spiro atoms. The van der Waals surface area contributed by atoms with Crippen LogP contribution < -0.4 is 0 Å². The van der Waals surface area contributed by atoms with Crippen molar-refractivity contribution in [1.82, 2.24) is 0 Å². The smallest absolute Gasteiger partial charge is 0.198 e. The van der Waals surface area contributed by atoms with Crippen LogP contribution in [0.4, 0.5) is 34.1 Å². The molecule has 11 rings (SSSR count). The molecule has 2 saturated heterocycles. The van der Waals surface area contributed by atoms with Crippen molar-refractivity contribution in [2.45, 2.75) is 340 Å². The van der Waals surface area contributed by atoms with Gasteiger partial charge in [0.2, 0.25) is 0 Å². The summed E-state index contributed by atoms with van der Waals surface area (Å²) in [6, 6.07) is 51.8. The van der Waals surface area contributed by atoms with E-state index >= 15 is 0 Å². The summed E-state index contributed by atoms with van der Waals surface area (Å²) in [5.74, 6) is 0. The minimum Gasteiger partial charge on any atom is -0.381 e. The SMILES string of the molecule is C1CCOC1.C1CCOC1.[C-]#[N+]c1c(-c2cccc(-c3cc(C(C)(C)C)cc(C(C)(C)C)c3[N+]#[C-])c2)cc(C(C)(C)C)cc1C(C)(C)C.[C-]#[N+]c1c(-c2cccc(-c3cc(C(C)(C)C)cc(C(C)(C)C)c3[N+]#[C-])c2)cc(C(C)(C)C)cc1C(C)(C)C.[C-]#[N+]c1c(-c2cccc(-c3cc(C(C)(C)C)cc(C(C)(C)C)c3[N+]#[C-])c2)cc(C(C)(C)C)cc1C(C)(C)C.[Cr]. The van der Waals surface area contributed by atoms with Crippen molar-refractivity contribution in [2.75, 3.05) is 26.4 Å². The molecule has 0 unspecified atom stereocenters. The molecule has 0 bridgehead atoms. The summed E-state index contributed by atoms with van der Waals surface area (Å²) in [6.07, 6.45) is 5.11. The van der Waals surface area contributed by atoms with E-state index in [0.717, 1.165) is 127 Å². The predicted octanol–water partition coefficient (Wildman–Crippen LogP) is 35.5. The Bertz CT molecular complexity index is 4730. The minimum atomic E-state index is -0.159. The Morgan fingerprint density at radius 1 is 0.192 bits per heavy atom. The molecule has 0 amide bonds. The Hall–Kier alpha value is -9.63. The van der Waals surface area contributed by atoms with E-state index < -0.39 is 0 Å². The van der Waals surface area contributed by atoms with Gasteiger partial charge in [0.1, 0.15) is 0 Å². The molecule has 2 heterocycles. The van der Waals surface area contributed by atoms with Gasteiger partial charge in [0.05, 0.1) is 39.4 Å². The molecule has 0 aromatic heterocycles. The summed E-state index contributed by atoms with van der Waals surface area (Å²) >= 11 is 0. The third-order valence-corrected chi connectivity index (χ3v) is 23.5. The van der Waals surface area contributed by atoms with Gasteiger partial charge < -0.3 is 9.47 Å².